The number of ether oxygens (including phenoxy) is 1. The normalized spacial score (nSPS) is 16.4. The second kappa shape index (κ2) is 5.59. The lowest BCUT2D eigenvalue weighted by Crippen LogP contribution is -2.25. The number of hydrogen-bond acceptors (Lipinski definition) is 1. The van der Waals surface area contributed by atoms with Crippen LogP contribution >= 0.6 is 0 Å². The Kier molecular flexibility index (Phi) is 5.57. The summed E-state index contributed by atoms with van der Waals surface area (Å²) in [5, 5.41) is 0. The molecule has 0 saturated carbocycles. The zero-order valence-corrected chi connectivity index (χ0v) is 8.31. The Morgan fingerprint density at radius 3 is 2.45 bits per heavy atom. The van der Waals surface area contributed by atoms with Gasteiger partial charge in [-0.25, -0.2) is 0 Å². The van der Waals surface area contributed by atoms with Crippen LogP contribution in [0.15, 0.2) is 0 Å². The molecule has 1 unspecified atom stereocenters. The molecule has 1 nitrogen and oxygen atoms in total. The molecule has 0 aromatic heterocycles. The highest BCUT2D eigenvalue weighted by molar-refractivity contribution is 4.73. The van der Waals surface area contributed by atoms with Crippen molar-refractivity contribution in [1.82, 2.24) is 0 Å². The van der Waals surface area contributed by atoms with Crippen LogP contribution in [-0.4, -0.2) is 12.7 Å². The van der Waals surface area contributed by atoms with E-state index in [2.05, 4.69) is 27.2 Å². The topological polar surface area (TPSA) is 9.23 Å². The molecule has 0 bridgehead atoms. The lowest BCUT2D eigenvalue weighted by atomic mass is 9.95. The maximum atomic E-state index is 5.42. The second-order valence-electron chi connectivity index (χ2n) is 3.31. The van der Waals surface area contributed by atoms with E-state index in [4.69, 9.17) is 4.74 Å². The molecule has 1 radical (unpaired) electrons. The van der Waals surface area contributed by atoms with Gasteiger partial charge >= 0.3 is 0 Å². The lowest BCUT2D eigenvalue weighted by molar-refractivity contribution is -0.00567. The maximum Gasteiger partial charge on any atom is 0.0648 e. The van der Waals surface area contributed by atoms with E-state index in [1.54, 1.807) is 7.11 Å². The van der Waals surface area contributed by atoms with Crippen molar-refractivity contribution in [1.29, 1.82) is 0 Å². The molecular weight excluding hydrogens is 136 g/mol. The first-order valence-corrected chi connectivity index (χ1v) is 4.51. The van der Waals surface area contributed by atoms with Crippen LogP contribution < -0.4 is 0 Å². The fourth-order valence-corrected chi connectivity index (χ4v) is 1.10. The van der Waals surface area contributed by atoms with E-state index in [0.717, 1.165) is 6.42 Å². The van der Waals surface area contributed by atoms with Gasteiger partial charge in [-0.1, -0.05) is 26.7 Å². The average Bonchev–Trinajstić information content (AvgIpc) is 2.05. The highest BCUT2D eigenvalue weighted by atomic mass is 16.5. The highest BCUT2D eigenvalue weighted by Gasteiger charge is 2.19. The predicted molar refractivity (Wildman–Crippen MR) is 49.5 cm³/mol. The van der Waals surface area contributed by atoms with Gasteiger partial charge in [-0.05, 0) is 26.2 Å². The quantitative estimate of drug-likeness (QED) is 0.538. The molecule has 0 aromatic carbocycles. The van der Waals surface area contributed by atoms with Crippen LogP contribution in [0.25, 0.3) is 0 Å². The minimum absolute atomic E-state index is 0.114. The lowest BCUT2D eigenvalue weighted by Gasteiger charge is -2.26. The molecular formula is C10H21O. The smallest absolute Gasteiger partial charge is 0.0648 e. The molecule has 0 N–H and O–H groups in total. The van der Waals surface area contributed by atoms with Gasteiger partial charge in [0.25, 0.3) is 0 Å². The molecule has 0 aliphatic heterocycles. The molecule has 0 aliphatic carbocycles. The molecule has 0 fully saturated rings. The van der Waals surface area contributed by atoms with Crippen LogP contribution in [0, 0.1) is 6.42 Å². The summed E-state index contributed by atoms with van der Waals surface area (Å²) in [6, 6.07) is 0. The highest BCUT2D eigenvalue weighted by Crippen LogP contribution is 2.21. The van der Waals surface area contributed by atoms with Crippen molar-refractivity contribution in [2.75, 3.05) is 7.11 Å². The Bertz CT molecular complexity index is 84.9. The Morgan fingerprint density at radius 2 is 2.09 bits per heavy atom. The predicted octanol–water partition coefficient (Wildman–Crippen LogP) is 3.20. The van der Waals surface area contributed by atoms with Crippen molar-refractivity contribution in [3.8, 4) is 0 Å². The number of hydrogen-bond donors (Lipinski definition) is 0. The SMILES string of the molecule is C[CH]CCCC(C)(CC)OC. The van der Waals surface area contributed by atoms with Gasteiger partial charge in [-0.3, -0.25) is 0 Å². The van der Waals surface area contributed by atoms with Crippen molar-refractivity contribution in [3.05, 3.63) is 6.42 Å². The Labute approximate surface area is 71.1 Å². The summed E-state index contributed by atoms with van der Waals surface area (Å²) in [4.78, 5) is 0. The van der Waals surface area contributed by atoms with Gasteiger partial charge in [-0.2, -0.15) is 0 Å². The summed E-state index contributed by atoms with van der Waals surface area (Å²) in [6.45, 7) is 6.47. The zero-order chi connectivity index (χ0) is 8.74. The summed E-state index contributed by atoms with van der Waals surface area (Å²) in [5.74, 6) is 0. The first-order chi connectivity index (χ1) is 5.18. The minimum atomic E-state index is 0.114. The standard InChI is InChI=1S/C10H21O/c1-5-7-8-9-10(3,6-2)11-4/h5H,6-9H2,1-4H3. The van der Waals surface area contributed by atoms with E-state index < -0.39 is 0 Å². The second-order valence-corrected chi connectivity index (χ2v) is 3.31. The summed E-state index contributed by atoms with van der Waals surface area (Å²) in [6.07, 6.45) is 6.94. The van der Waals surface area contributed by atoms with Crippen LogP contribution in [-0.2, 0) is 4.74 Å². The van der Waals surface area contributed by atoms with E-state index >= 15 is 0 Å². The molecule has 67 valence electrons. The van der Waals surface area contributed by atoms with Crippen molar-refractivity contribution >= 4 is 0 Å². The molecule has 1 atom stereocenters. The largest absolute Gasteiger partial charge is 0.379 e. The first kappa shape index (κ1) is 11.0. The Balaban J connectivity index is 3.51. The van der Waals surface area contributed by atoms with Gasteiger partial charge in [0.1, 0.15) is 0 Å². The molecule has 0 rings (SSSR count). The van der Waals surface area contributed by atoms with E-state index in [-0.39, 0.29) is 5.60 Å². The number of rotatable bonds is 6. The van der Waals surface area contributed by atoms with Crippen LogP contribution in [0.3, 0.4) is 0 Å². The molecule has 0 heterocycles. The van der Waals surface area contributed by atoms with Crippen molar-refractivity contribution < 1.29 is 4.74 Å². The Hall–Kier alpha value is -0.0400. The van der Waals surface area contributed by atoms with Crippen LogP contribution in [0.4, 0.5) is 0 Å². The third-order valence-electron chi connectivity index (χ3n) is 2.44. The third-order valence-corrected chi connectivity index (χ3v) is 2.44. The molecule has 1 heteroatoms. The summed E-state index contributed by atoms with van der Waals surface area (Å²) in [7, 11) is 1.80. The van der Waals surface area contributed by atoms with E-state index in [0.29, 0.717) is 0 Å². The van der Waals surface area contributed by atoms with Crippen LogP contribution in [0.2, 0.25) is 0 Å². The van der Waals surface area contributed by atoms with Gasteiger partial charge < -0.3 is 4.74 Å². The minimum Gasteiger partial charge on any atom is -0.379 e. The van der Waals surface area contributed by atoms with E-state index in [1.165, 1.54) is 19.3 Å². The maximum absolute atomic E-state index is 5.42. The van der Waals surface area contributed by atoms with Crippen molar-refractivity contribution in [2.45, 2.75) is 52.1 Å². The monoisotopic (exact) mass is 157 g/mol. The van der Waals surface area contributed by atoms with Gasteiger partial charge in [0.15, 0.2) is 0 Å². The van der Waals surface area contributed by atoms with Crippen molar-refractivity contribution in [2.24, 2.45) is 0 Å². The molecule has 0 saturated heterocycles. The van der Waals surface area contributed by atoms with E-state index in [1.807, 2.05) is 0 Å². The van der Waals surface area contributed by atoms with Crippen molar-refractivity contribution in [3.63, 3.8) is 0 Å². The zero-order valence-electron chi connectivity index (χ0n) is 8.31. The fraction of sp³-hybridized carbons (Fsp3) is 0.900. The average molecular weight is 157 g/mol. The molecule has 0 spiro atoms. The van der Waals surface area contributed by atoms with E-state index in [9.17, 15) is 0 Å². The first-order valence-electron chi connectivity index (χ1n) is 4.51. The number of methoxy groups -OCH3 is 1. The molecule has 11 heavy (non-hydrogen) atoms. The van der Waals surface area contributed by atoms with Gasteiger partial charge in [-0.15, -0.1) is 0 Å². The van der Waals surface area contributed by atoms with Crippen LogP contribution in [0.5, 0.6) is 0 Å². The summed E-state index contributed by atoms with van der Waals surface area (Å²) < 4.78 is 5.42. The van der Waals surface area contributed by atoms with Crippen LogP contribution in [0.1, 0.15) is 46.5 Å². The van der Waals surface area contributed by atoms with Gasteiger partial charge in [0, 0.05) is 7.11 Å². The summed E-state index contributed by atoms with van der Waals surface area (Å²) >= 11 is 0. The fourth-order valence-electron chi connectivity index (χ4n) is 1.10. The third kappa shape index (κ3) is 4.41. The van der Waals surface area contributed by atoms with Gasteiger partial charge in [0.2, 0.25) is 0 Å². The summed E-state index contributed by atoms with van der Waals surface area (Å²) in [5.41, 5.74) is 0.114. The molecule has 0 aromatic rings. The Morgan fingerprint density at radius 1 is 1.45 bits per heavy atom. The molecule has 0 amide bonds. The van der Waals surface area contributed by atoms with Gasteiger partial charge in [0.05, 0.1) is 5.60 Å². The number of unbranched alkanes of at least 4 members (excludes halogenated alkanes) is 2. The molecule has 0 aliphatic rings.